The molecule has 0 fully saturated rings. The van der Waals surface area contributed by atoms with Crippen LogP contribution in [0.25, 0.3) is 0 Å². The fourth-order valence-corrected chi connectivity index (χ4v) is 1.81. The van der Waals surface area contributed by atoms with Gasteiger partial charge in [0.05, 0.1) is 12.3 Å². The van der Waals surface area contributed by atoms with E-state index < -0.39 is 0 Å². The van der Waals surface area contributed by atoms with E-state index in [4.69, 9.17) is 5.11 Å². The Kier molecular flexibility index (Phi) is 4.50. The molecule has 1 aromatic heterocycles. The third kappa shape index (κ3) is 3.68. The molecule has 4 nitrogen and oxygen atoms in total. The summed E-state index contributed by atoms with van der Waals surface area (Å²) in [7, 11) is 1.93. The number of nitrogens with one attached hydrogen (secondary N) is 1. The third-order valence-corrected chi connectivity index (χ3v) is 2.86. The van der Waals surface area contributed by atoms with E-state index in [1.165, 1.54) is 5.56 Å². The van der Waals surface area contributed by atoms with Gasteiger partial charge < -0.3 is 10.4 Å². The van der Waals surface area contributed by atoms with Crippen LogP contribution in [0.3, 0.4) is 0 Å². The minimum atomic E-state index is 0.105. The molecule has 0 spiro atoms. The molecule has 2 N–H and O–H groups in total. The van der Waals surface area contributed by atoms with Gasteiger partial charge in [-0.1, -0.05) is 24.3 Å². The zero-order chi connectivity index (χ0) is 12.8. The van der Waals surface area contributed by atoms with Crippen LogP contribution >= 0.6 is 0 Å². The summed E-state index contributed by atoms with van der Waals surface area (Å²) in [6.45, 7) is 1.87. The monoisotopic (exact) mass is 245 g/mol. The largest absolute Gasteiger partial charge is 0.392 e. The van der Waals surface area contributed by atoms with Crippen molar-refractivity contribution in [2.45, 2.75) is 19.6 Å². The van der Waals surface area contributed by atoms with Gasteiger partial charge in [0.25, 0.3) is 0 Å². The number of aryl methyl sites for hydroxylation is 1. The first-order valence-electron chi connectivity index (χ1n) is 6.16. The van der Waals surface area contributed by atoms with E-state index in [0.29, 0.717) is 0 Å². The molecule has 18 heavy (non-hydrogen) atoms. The van der Waals surface area contributed by atoms with Crippen LogP contribution in [0.15, 0.2) is 36.5 Å². The van der Waals surface area contributed by atoms with Crippen LogP contribution in [0, 0.1) is 0 Å². The molecule has 0 aliphatic rings. The van der Waals surface area contributed by atoms with Crippen LogP contribution in [0.1, 0.15) is 16.8 Å². The van der Waals surface area contributed by atoms with Crippen LogP contribution < -0.4 is 5.32 Å². The summed E-state index contributed by atoms with van der Waals surface area (Å²) in [6.07, 6.45) is 2.90. The number of aliphatic hydroxyl groups excluding tert-OH is 1. The first-order chi connectivity index (χ1) is 8.78. The molecular weight excluding hydrogens is 226 g/mol. The summed E-state index contributed by atoms with van der Waals surface area (Å²) in [4.78, 5) is 0. The Morgan fingerprint density at radius 2 is 1.89 bits per heavy atom. The van der Waals surface area contributed by atoms with Gasteiger partial charge in [-0.05, 0) is 17.2 Å². The highest BCUT2D eigenvalue weighted by Crippen LogP contribution is 2.04. The lowest BCUT2D eigenvalue weighted by molar-refractivity contribution is 0.282. The molecule has 96 valence electrons. The molecule has 2 aromatic rings. The van der Waals surface area contributed by atoms with E-state index >= 15 is 0 Å². The van der Waals surface area contributed by atoms with Gasteiger partial charge in [-0.3, -0.25) is 4.68 Å². The molecule has 0 aliphatic heterocycles. The number of aromatic nitrogens is 2. The fraction of sp³-hybridized carbons (Fsp3) is 0.357. The number of hydrogen-bond donors (Lipinski definition) is 2. The number of nitrogens with zero attached hydrogens (tertiary/aromatic N) is 2. The highest BCUT2D eigenvalue weighted by atomic mass is 16.3. The van der Waals surface area contributed by atoms with E-state index in [1.54, 1.807) is 0 Å². The standard InChI is InChI=1S/C14H19N3O/c1-17-9-7-14(16-17)6-8-15-10-12-2-4-13(11-18)5-3-12/h2-5,7,9,15,18H,6,8,10-11H2,1H3. The molecule has 0 unspecified atom stereocenters. The summed E-state index contributed by atoms with van der Waals surface area (Å²) in [6, 6.07) is 10.0. The number of aliphatic hydroxyl groups is 1. The van der Waals surface area contributed by atoms with Crippen molar-refractivity contribution in [1.82, 2.24) is 15.1 Å². The lowest BCUT2D eigenvalue weighted by atomic mass is 10.1. The highest BCUT2D eigenvalue weighted by Gasteiger charge is 1.97. The second-order valence-electron chi connectivity index (χ2n) is 4.38. The Labute approximate surface area is 107 Å². The average molecular weight is 245 g/mol. The first-order valence-corrected chi connectivity index (χ1v) is 6.16. The second-order valence-corrected chi connectivity index (χ2v) is 4.38. The van der Waals surface area contributed by atoms with Gasteiger partial charge in [0.2, 0.25) is 0 Å². The second kappa shape index (κ2) is 6.33. The van der Waals surface area contributed by atoms with Crippen molar-refractivity contribution in [3.05, 3.63) is 53.3 Å². The van der Waals surface area contributed by atoms with Gasteiger partial charge in [-0.2, -0.15) is 5.10 Å². The van der Waals surface area contributed by atoms with Crippen molar-refractivity contribution in [2.75, 3.05) is 6.54 Å². The molecule has 2 rings (SSSR count). The third-order valence-electron chi connectivity index (χ3n) is 2.86. The van der Waals surface area contributed by atoms with Gasteiger partial charge in [-0.25, -0.2) is 0 Å². The molecule has 0 saturated heterocycles. The predicted molar refractivity (Wildman–Crippen MR) is 71.0 cm³/mol. The van der Waals surface area contributed by atoms with Crippen molar-refractivity contribution in [3.63, 3.8) is 0 Å². The van der Waals surface area contributed by atoms with Crippen molar-refractivity contribution in [3.8, 4) is 0 Å². The van der Waals surface area contributed by atoms with Crippen LogP contribution in [-0.2, 0) is 26.6 Å². The summed E-state index contributed by atoms with van der Waals surface area (Å²) in [5.74, 6) is 0. The highest BCUT2D eigenvalue weighted by molar-refractivity contribution is 5.21. The predicted octanol–water partition coefficient (Wildman–Crippen LogP) is 1.24. The molecule has 0 atom stereocenters. The zero-order valence-electron chi connectivity index (χ0n) is 10.6. The van der Waals surface area contributed by atoms with Crippen LogP contribution in [0.5, 0.6) is 0 Å². The number of hydrogen-bond acceptors (Lipinski definition) is 3. The van der Waals surface area contributed by atoms with E-state index in [1.807, 2.05) is 48.3 Å². The lowest BCUT2D eigenvalue weighted by Gasteiger charge is -2.04. The molecule has 4 heteroatoms. The summed E-state index contributed by atoms with van der Waals surface area (Å²) >= 11 is 0. The number of benzene rings is 1. The Balaban J connectivity index is 1.71. The minimum Gasteiger partial charge on any atom is -0.392 e. The van der Waals surface area contributed by atoms with Crippen molar-refractivity contribution in [1.29, 1.82) is 0 Å². The molecular formula is C14H19N3O. The first kappa shape index (κ1) is 12.8. The van der Waals surface area contributed by atoms with Gasteiger partial charge >= 0.3 is 0 Å². The summed E-state index contributed by atoms with van der Waals surface area (Å²) < 4.78 is 1.82. The Hall–Kier alpha value is -1.65. The van der Waals surface area contributed by atoms with E-state index in [0.717, 1.165) is 30.8 Å². The number of rotatable bonds is 6. The molecule has 0 bridgehead atoms. The Morgan fingerprint density at radius 3 is 2.50 bits per heavy atom. The summed E-state index contributed by atoms with van der Waals surface area (Å²) in [5, 5.41) is 16.7. The van der Waals surface area contributed by atoms with Gasteiger partial charge in [0, 0.05) is 32.8 Å². The minimum absolute atomic E-state index is 0.105. The molecule has 0 radical (unpaired) electrons. The van der Waals surface area contributed by atoms with Crippen molar-refractivity contribution < 1.29 is 5.11 Å². The molecule has 0 aliphatic carbocycles. The smallest absolute Gasteiger partial charge is 0.0681 e. The van der Waals surface area contributed by atoms with Crippen molar-refractivity contribution >= 4 is 0 Å². The topological polar surface area (TPSA) is 50.1 Å². The van der Waals surface area contributed by atoms with Gasteiger partial charge in [0.15, 0.2) is 0 Å². The maximum Gasteiger partial charge on any atom is 0.0681 e. The molecule has 0 amide bonds. The zero-order valence-corrected chi connectivity index (χ0v) is 10.6. The normalized spacial score (nSPS) is 10.8. The molecule has 1 aromatic carbocycles. The fourth-order valence-electron chi connectivity index (χ4n) is 1.81. The quantitative estimate of drug-likeness (QED) is 0.753. The Morgan fingerprint density at radius 1 is 1.17 bits per heavy atom. The van der Waals surface area contributed by atoms with E-state index in [-0.39, 0.29) is 6.61 Å². The maximum atomic E-state index is 8.95. The van der Waals surface area contributed by atoms with Crippen molar-refractivity contribution in [2.24, 2.45) is 7.05 Å². The van der Waals surface area contributed by atoms with Gasteiger partial charge in [0.1, 0.15) is 0 Å². The Bertz CT molecular complexity index is 476. The van der Waals surface area contributed by atoms with Crippen LogP contribution in [0.4, 0.5) is 0 Å². The van der Waals surface area contributed by atoms with E-state index in [2.05, 4.69) is 10.4 Å². The molecule has 0 saturated carbocycles. The summed E-state index contributed by atoms with van der Waals surface area (Å²) in [5.41, 5.74) is 3.29. The van der Waals surface area contributed by atoms with Crippen LogP contribution in [-0.4, -0.2) is 21.4 Å². The molecule has 1 heterocycles. The van der Waals surface area contributed by atoms with Crippen LogP contribution in [0.2, 0.25) is 0 Å². The average Bonchev–Trinajstić information content (AvgIpc) is 2.81. The SMILES string of the molecule is Cn1ccc(CCNCc2ccc(CO)cc2)n1. The van der Waals surface area contributed by atoms with E-state index in [9.17, 15) is 0 Å². The maximum absolute atomic E-state index is 8.95. The lowest BCUT2D eigenvalue weighted by Crippen LogP contribution is -2.16. The van der Waals surface area contributed by atoms with Gasteiger partial charge in [-0.15, -0.1) is 0 Å².